The summed E-state index contributed by atoms with van der Waals surface area (Å²) in [6, 6.07) is 0. The zero-order chi connectivity index (χ0) is 11.1. The van der Waals surface area contributed by atoms with E-state index in [1.807, 2.05) is 0 Å². The molecule has 5 heteroatoms. The molecule has 2 N–H and O–H groups in total. The Balaban J connectivity index is 2.80. The predicted molar refractivity (Wildman–Crippen MR) is 55.0 cm³/mol. The molecule has 1 rings (SSSR count). The molecule has 0 aliphatic rings. The van der Waals surface area contributed by atoms with Crippen LogP contribution in [0.2, 0.25) is 0 Å². The van der Waals surface area contributed by atoms with Crippen LogP contribution in [0.1, 0.15) is 18.5 Å². The minimum absolute atomic E-state index is 0.0221. The smallest absolute Gasteiger partial charge is 0.177 e. The van der Waals surface area contributed by atoms with Gasteiger partial charge in [-0.2, -0.15) is 0 Å². The van der Waals surface area contributed by atoms with Gasteiger partial charge in [-0.3, -0.25) is 9.97 Å². The summed E-state index contributed by atoms with van der Waals surface area (Å²) in [6.45, 7) is 0.432. The number of hydrogen-bond donors (Lipinski definition) is 1. The maximum absolute atomic E-state index is 14.4. The summed E-state index contributed by atoms with van der Waals surface area (Å²) in [5, 5.41) is 0. The van der Waals surface area contributed by atoms with Crippen molar-refractivity contribution in [2.24, 2.45) is 5.73 Å². The average Bonchev–Trinajstić information content (AvgIpc) is 2.28. The molecule has 1 heterocycles. The standard InChI is InChI=1S/C10H16FN3O/c1-15-8-10(11,3-2-4-12)9-7-13-5-6-14-9/h5-7H,2-4,8,12H2,1H3. The van der Waals surface area contributed by atoms with Crippen LogP contribution in [0.4, 0.5) is 4.39 Å². The summed E-state index contributed by atoms with van der Waals surface area (Å²) in [6.07, 6.45) is 5.31. The van der Waals surface area contributed by atoms with E-state index < -0.39 is 5.67 Å². The lowest BCUT2D eigenvalue weighted by Crippen LogP contribution is -2.28. The molecular weight excluding hydrogens is 197 g/mol. The van der Waals surface area contributed by atoms with Crippen molar-refractivity contribution in [3.8, 4) is 0 Å². The highest BCUT2D eigenvalue weighted by Crippen LogP contribution is 2.29. The Morgan fingerprint density at radius 1 is 1.53 bits per heavy atom. The molecule has 1 aromatic heterocycles. The Labute approximate surface area is 88.7 Å². The highest BCUT2D eigenvalue weighted by Gasteiger charge is 2.33. The van der Waals surface area contributed by atoms with Gasteiger partial charge in [0.2, 0.25) is 0 Å². The van der Waals surface area contributed by atoms with E-state index in [1.54, 1.807) is 0 Å². The van der Waals surface area contributed by atoms with Crippen molar-refractivity contribution in [3.05, 3.63) is 24.3 Å². The van der Waals surface area contributed by atoms with Gasteiger partial charge in [-0.15, -0.1) is 0 Å². The minimum Gasteiger partial charge on any atom is -0.381 e. The molecule has 0 spiro atoms. The summed E-state index contributed by atoms with van der Waals surface area (Å²) < 4.78 is 19.3. The fourth-order valence-corrected chi connectivity index (χ4v) is 1.42. The number of rotatable bonds is 6. The number of nitrogens with two attached hydrogens (primary N) is 1. The molecule has 84 valence electrons. The number of aromatic nitrogens is 2. The Kier molecular flexibility index (Phi) is 4.58. The first-order valence-corrected chi connectivity index (χ1v) is 4.87. The lowest BCUT2D eigenvalue weighted by molar-refractivity contribution is 0.0268. The quantitative estimate of drug-likeness (QED) is 0.766. The first-order valence-electron chi connectivity index (χ1n) is 4.87. The molecule has 0 fully saturated rings. The molecule has 0 bridgehead atoms. The topological polar surface area (TPSA) is 61.0 Å². The second-order valence-electron chi connectivity index (χ2n) is 3.38. The van der Waals surface area contributed by atoms with Gasteiger partial charge in [0.15, 0.2) is 5.67 Å². The number of alkyl halides is 1. The molecule has 0 saturated heterocycles. The van der Waals surface area contributed by atoms with Crippen molar-refractivity contribution in [3.63, 3.8) is 0 Å². The molecule has 0 aromatic carbocycles. The Morgan fingerprint density at radius 3 is 2.87 bits per heavy atom. The van der Waals surface area contributed by atoms with E-state index in [1.165, 1.54) is 25.7 Å². The lowest BCUT2D eigenvalue weighted by Gasteiger charge is -2.23. The van der Waals surface area contributed by atoms with Gasteiger partial charge in [0.05, 0.1) is 18.5 Å². The van der Waals surface area contributed by atoms with Crippen LogP contribution in [0.5, 0.6) is 0 Å². The van der Waals surface area contributed by atoms with Crippen LogP contribution in [0, 0.1) is 0 Å². The zero-order valence-corrected chi connectivity index (χ0v) is 8.82. The van der Waals surface area contributed by atoms with Crippen molar-refractivity contribution >= 4 is 0 Å². The third-order valence-electron chi connectivity index (χ3n) is 2.17. The summed E-state index contributed by atoms with van der Waals surface area (Å²) >= 11 is 0. The van der Waals surface area contributed by atoms with Crippen LogP contribution < -0.4 is 5.73 Å². The third kappa shape index (κ3) is 3.21. The SMILES string of the molecule is COCC(F)(CCCN)c1cnccn1. The predicted octanol–water partition coefficient (Wildman–Crippen LogP) is 1.03. The first-order chi connectivity index (χ1) is 7.23. The molecule has 0 radical (unpaired) electrons. The monoisotopic (exact) mass is 213 g/mol. The second-order valence-corrected chi connectivity index (χ2v) is 3.38. The van der Waals surface area contributed by atoms with Crippen molar-refractivity contribution in [1.29, 1.82) is 0 Å². The van der Waals surface area contributed by atoms with Crippen molar-refractivity contribution in [2.45, 2.75) is 18.5 Å². The molecule has 1 aromatic rings. The van der Waals surface area contributed by atoms with Crippen LogP contribution in [0.25, 0.3) is 0 Å². The second kappa shape index (κ2) is 5.72. The van der Waals surface area contributed by atoms with E-state index >= 15 is 0 Å². The van der Waals surface area contributed by atoms with E-state index in [9.17, 15) is 4.39 Å². The Morgan fingerprint density at radius 2 is 2.33 bits per heavy atom. The van der Waals surface area contributed by atoms with Crippen molar-refractivity contribution in [1.82, 2.24) is 9.97 Å². The number of halogens is 1. The Hall–Kier alpha value is -1.07. The fraction of sp³-hybridized carbons (Fsp3) is 0.600. The molecule has 1 atom stereocenters. The van der Waals surface area contributed by atoms with Gasteiger partial charge in [-0.1, -0.05) is 0 Å². The van der Waals surface area contributed by atoms with Crippen molar-refractivity contribution in [2.75, 3.05) is 20.3 Å². The molecular formula is C10H16FN3O. The lowest BCUT2D eigenvalue weighted by atomic mass is 9.97. The largest absolute Gasteiger partial charge is 0.381 e. The molecule has 1 unspecified atom stereocenters. The van der Waals surface area contributed by atoms with Crippen molar-refractivity contribution < 1.29 is 9.13 Å². The van der Waals surface area contributed by atoms with E-state index in [0.29, 0.717) is 25.1 Å². The van der Waals surface area contributed by atoms with Crippen LogP contribution in [-0.4, -0.2) is 30.2 Å². The summed E-state index contributed by atoms with van der Waals surface area (Å²) in [7, 11) is 1.47. The van der Waals surface area contributed by atoms with Gasteiger partial charge in [0, 0.05) is 19.5 Å². The highest BCUT2D eigenvalue weighted by molar-refractivity contribution is 5.08. The summed E-state index contributed by atoms with van der Waals surface area (Å²) in [5.41, 5.74) is 4.09. The van der Waals surface area contributed by atoms with Crippen LogP contribution in [-0.2, 0) is 10.4 Å². The van der Waals surface area contributed by atoms with E-state index in [-0.39, 0.29) is 6.61 Å². The first kappa shape index (κ1) is 12.0. The number of ether oxygens (including phenoxy) is 1. The molecule has 0 amide bonds. The number of nitrogens with zero attached hydrogens (tertiary/aromatic N) is 2. The number of hydrogen-bond acceptors (Lipinski definition) is 4. The van der Waals surface area contributed by atoms with Gasteiger partial charge in [0.1, 0.15) is 0 Å². The van der Waals surface area contributed by atoms with E-state index in [0.717, 1.165) is 0 Å². The highest BCUT2D eigenvalue weighted by atomic mass is 19.1. The maximum atomic E-state index is 14.4. The average molecular weight is 213 g/mol. The molecule has 15 heavy (non-hydrogen) atoms. The van der Waals surface area contributed by atoms with Crippen LogP contribution in [0.15, 0.2) is 18.6 Å². The van der Waals surface area contributed by atoms with Crippen LogP contribution >= 0.6 is 0 Å². The fourth-order valence-electron chi connectivity index (χ4n) is 1.42. The van der Waals surface area contributed by atoms with Crippen LogP contribution in [0.3, 0.4) is 0 Å². The van der Waals surface area contributed by atoms with E-state index in [4.69, 9.17) is 10.5 Å². The summed E-state index contributed by atoms with van der Waals surface area (Å²) in [5.74, 6) is 0. The zero-order valence-electron chi connectivity index (χ0n) is 8.82. The van der Waals surface area contributed by atoms with Gasteiger partial charge in [-0.25, -0.2) is 4.39 Å². The van der Waals surface area contributed by atoms with E-state index in [2.05, 4.69) is 9.97 Å². The molecule has 0 aliphatic carbocycles. The van der Waals surface area contributed by atoms with Gasteiger partial charge in [-0.05, 0) is 19.4 Å². The normalized spacial score (nSPS) is 14.9. The maximum Gasteiger partial charge on any atom is 0.177 e. The van der Waals surface area contributed by atoms with Gasteiger partial charge < -0.3 is 10.5 Å². The molecule has 4 nitrogen and oxygen atoms in total. The third-order valence-corrected chi connectivity index (χ3v) is 2.17. The minimum atomic E-state index is -1.58. The molecule has 0 aliphatic heterocycles. The van der Waals surface area contributed by atoms with Gasteiger partial charge in [0.25, 0.3) is 0 Å². The summed E-state index contributed by atoms with van der Waals surface area (Å²) in [4.78, 5) is 7.82. The van der Waals surface area contributed by atoms with Gasteiger partial charge >= 0.3 is 0 Å². The number of methoxy groups -OCH3 is 1. The Bertz CT molecular complexity index is 283. The molecule has 0 saturated carbocycles.